The van der Waals surface area contributed by atoms with Gasteiger partial charge in [-0.1, -0.05) is 30.4 Å². The van der Waals surface area contributed by atoms with Crippen molar-refractivity contribution in [2.45, 2.75) is 13.0 Å². The molecule has 1 aromatic carbocycles. The van der Waals surface area contributed by atoms with Gasteiger partial charge in [-0.25, -0.2) is 0 Å². The molecule has 0 aromatic heterocycles. The van der Waals surface area contributed by atoms with E-state index >= 15 is 0 Å². The van der Waals surface area contributed by atoms with Crippen molar-refractivity contribution in [1.29, 1.82) is 0 Å². The Morgan fingerprint density at radius 1 is 1.12 bits per heavy atom. The minimum atomic E-state index is 0. The van der Waals surface area contributed by atoms with Crippen LogP contribution >= 0.6 is 0 Å². The number of hydrogen-bond acceptors (Lipinski definition) is 1. The second-order valence-electron chi connectivity index (χ2n) is 3.50. The molecule has 0 amide bonds. The molecular weight excluding hydrogens is 363 g/mol. The number of benzene rings is 1. The Morgan fingerprint density at radius 3 is 2.56 bits per heavy atom. The average molecular weight is 379 g/mol. The van der Waals surface area contributed by atoms with E-state index in [1.807, 2.05) is 0 Å². The molecule has 16 heavy (non-hydrogen) atoms. The zero-order chi connectivity index (χ0) is 8.84. The molecule has 84 valence electrons. The van der Waals surface area contributed by atoms with E-state index in [0.29, 0.717) is 0 Å². The zero-order valence-electron chi connectivity index (χ0n) is 9.95. The van der Waals surface area contributed by atoms with Crippen molar-refractivity contribution in [2.24, 2.45) is 0 Å². The molecule has 1 unspecified atom stereocenters. The Hall–Kier alpha value is -0.630. The predicted octanol–water partition coefficient (Wildman–Crippen LogP) is 1.95. The van der Waals surface area contributed by atoms with Gasteiger partial charge >= 0.3 is 0 Å². The van der Waals surface area contributed by atoms with E-state index in [1.54, 1.807) is 0 Å². The van der Waals surface area contributed by atoms with Crippen LogP contribution in [0.3, 0.4) is 0 Å². The Bertz CT molecular complexity index is 514. The maximum Gasteiger partial charge on any atom is 0.135 e. The summed E-state index contributed by atoms with van der Waals surface area (Å²) in [6.07, 6.45) is 8.66. The van der Waals surface area contributed by atoms with E-state index in [1.165, 1.54) is 16.0 Å². The van der Waals surface area contributed by atoms with E-state index in [4.69, 9.17) is 4.74 Å². The second kappa shape index (κ2) is 5.62. The molecule has 0 fully saturated rings. The van der Waals surface area contributed by atoms with Gasteiger partial charge in [0.15, 0.2) is 0 Å². The number of hydrogen-bond donors (Lipinski definition) is 0. The summed E-state index contributed by atoms with van der Waals surface area (Å²) in [6, 6.07) is 4.27. The molecule has 1 aliphatic heterocycles. The average Bonchev–Trinajstić information content (AvgIpc) is 2.65. The van der Waals surface area contributed by atoms with Crippen molar-refractivity contribution in [2.75, 3.05) is 0 Å². The fourth-order valence-electron chi connectivity index (χ4n) is 1.93. The molecule has 0 bridgehead atoms. The summed E-state index contributed by atoms with van der Waals surface area (Å²) >= 11 is 0. The first-order chi connectivity index (χ1) is 6.34. The minimum absolute atomic E-state index is 0. The summed E-state index contributed by atoms with van der Waals surface area (Å²) in [6.45, 7) is 2.06. The molecule has 0 saturated carbocycles. The van der Waals surface area contributed by atoms with Gasteiger partial charge in [-0.15, -0.1) is 0 Å². The summed E-state index contributed by atoms with van der Waals surface area (Å²) in [4.78, 5) is 0. The van der Waals surface area contributed by atoms with Gasteiger partial charge < -0.3 is 19.6 Å². The van der Waals surface area contributed by atoms with Gasteiger partial charge in [-0.3, -0.25) is 0 Å². The van der Waals surface area contributed by atoms with E-state index in [9.17, 15) is 0 Å². The summed E-state index contributed by atoms with van der Waals surface area (Å²) in [5.41, 5.74) is 1.23. The molecule has 0 radical (unpaired) electrons. The summed E-state index contributed by atoms with van der Waals surface area (Å²) in [7, 11) is 0. The SMILES string of the molecule is CC1C=c2ccc3c(c2O1)C=CC=3.[CH3-].[CH3-].[Hf]. The van der Waals surface area contributed by atoms with Crippen LogP contribution in [0.1, 0.15) is 12.5 Å². The monoisotopic (exact) mass is 380 g/mol. The van der Waals surface area contributed by atoms with Crippen LogP contribution in [0, 0.1) is 14.9 Å². The van der Waals surface area contributed by atoms with Crippen molar-refractivity contribution in [1.82, 2.24) is 0 Å². The van der Waals surface area contributed by atoms with Gasteiger partial charge in [-0.2, -0.15) is 0 Å². The normalized spacial score (nSPS) is 17.4. The van der Waals surface area contributed by atoms with E-state index in [-0.39, 0.29) is 46.8 Å². The second-order valence-corrected chi connectivity index (χ2v) is 3.50. The molecule has 2 aliphatic rings. The Kier molecular flexibility index (Phi) is 5.40. The van der Waals surface area contributed by atoms with Gasteiger partial charge in [0.05, 0.1) is 0 Å². The van der Waals surface area contributed by atoms with Crippen molar-refractivity contribution < 1.29 is 30.6 Å². The van der Waals surface area contributed by atoms with Crippen LogP contribution in [0.25, 0.3) is 18.2 Å². The molecule has 0 spiro atoms. The maximum atomic E-state index is 5.72. The van der Waals surface area contributed by atoms with Crippen molar-refractivity contribution in [3.8, 4) is 5.75 Å². The number of allylic oxidation sites excluding steroid dienone is 1. The Balaban J connectivity index is 0.000000750. The standard InChI is InChI=1S/C12H10O.2CH3.Hf/c1-8-7-10-6-5-9-3-2-4-11(9)12(10)13-8;;;/h2-8H,1H3;2*1H3;/q;2*-1;. The van der Waals surface area contributed by atoms with Crippen LogP contribution in [0.4, 0.5) is 0 Å². The van der Waals surface area contributed by atoms with E-state index in [0.717, 1.165) is 5.75 Å². The maximum absolute atomic E-state index is 5.72. The van der Waals surface area contributed by atoms with Gasteiger partial charge in [0.1, 0.15) is 11.9 Å². The number of fused-ring (bicyclic) bond motifs is 3. The topological polar surface area (TPSA) is 9.23 Å². The molecule has 1 heterocycles. The molecule has 3 rings (SSSR count). The zero-order valence-corrected chi connectivity index (χ0v) is 13.5. The van der Waals surface area contributed by atoms with Crippen molar-refractivity contribution in [3.05, 3.63) is 49.1 Å². The Morgan fingerprint density at radius 2 is 1.81 bits per heavy atom. The molecule has 0 N–H and O–H groups in total. The third-order valence-corrected chi connectivity index (χ3v) is 2.52. The van der Waals surface area contributed by atoms with E-state index < -0.39 is 0 Å². The largest absolute Gasteiger partial charge is 0.485 e. The molecule has 1 aliphatic carbocycles. The molecule has 0 saturated heterocycles. The first-order valence-corrected chi connectivity index (χ1v) is 4.54. The first kappa shape index (κ1) is 15.4. The van der Waals surface area contributed by atoms with Gasteiger partial charge in [0.2, 0.25) is 0 Å². The summed E-state index contributed by atoms with van der Waals surface area (Å²) in [5.74, 6) is 1.05. The number of ether oxygens (including phenoxy) is 1. The third kappa shape index (κ3) is 2.22. The summed E-state index contributed by atoms with van der Waals surface area (Å²) < 4.78 is 5.72. The van der Waals surface area contributed by atoms with Crippen LogP contribution < -0.4 is 15.2 Å². The summed E-state index contributed by atoms with van der Waals surface area (Å²) in [5, 5.41) is 2.49. The van der Waals surface area contributed by atoms with Crippen LogP contribution in [0.15, 0.2) is 18.2 Å². The predicted molar refractivity (Wildman–Crippen MR) is 66.6 cm³/mol. The van der Waals surface area contributed by atoms with Crippen LogP contribution in [-0.2, 0) is 25.8 Å². The quantitative estimate of drug-likeness (QED) is 0.495. The molecule has 1 aromatic rings. The van der Waals surface area contributed by atoms with Crippen LogP contribution in [-0.4, -0.2) is 6.10 Å². The third-order valence-electron chi connectivity index (χ3n) is 2.52. The Labute approximate surface area is 116 Å². The van der Waals surface area contributed by atoms with Gasteiger partial charge in [-0.05, 0) is 18.2 Å². The molecule has 1 atom stereocenters. The van der Waals surface area contributed by atoms with Crippen molar-refractivity contribution in [3.63, 3.8) is 0 Å². The molecule has 1 nitrogen and oxygen atoms in total. The smallest absolute Gasteiger partial charge is 0.135 e. The molecular formula is C14H16HfO-2. The van der Waals surface area contributed by atoms with Crippen molar-refractivity contribution >= 4 is 18.2 Å². The van der Waals surface area contributed by atoms with Crippen LogP contribution in [0.5, 0.6) is 5.75 Å². The molecule has 2 heteroatoms. The van der Waals surface area contributed by atoms with Gasteiger partial charge in [0.25, 0.3) is 0 Å². The fraction of sp³-hybridized carbons (Fsp3) is 0.143. The van der Waals surface area contributed by atoms with Gasteiger partial charge in [0, 0.05) is 36.6 Å². The fourth-order valence-corrected chi connectivity index (χ4v) is 1.93. The minimum Gasteiger partial charge on any atom is -0.485 e. The first-order valence-electron chi connectivity index (χ1n) is 4.54. The van der Waals surface area contributed by atoms with Crippen LogP contribution in [0.2, 0.25) is 0 Å². The number of rotatable bonds is 0. The van der Waals surface area contributed by atoms with E-state index in [2.05, 4.69) is 43.4 Å².